The Morgan fingerprint density at radius 2 is 1.56 bits per heavy atom. The van der Waals surface area contributed by atoms with E-state index in [9.17, 15) is 22.8 Å². The van der Waals surface area contributed by atoms with E-state index in [1.54, 1.807) is 52.0 Å². The quantitative estimate of drug-likeness (QED) is 0.252. The van der Waals surface area contributed by atoms with Gasteiger partial charge < -0.3 is 29.6 Å². The third-order valence-corrected chi connectivity index (χ3v) is 5.93. The number of carbonyl (C=O) groups excluding carboxylic acids is 2. The minimum Gasteiger partial charge on any atom is -0.482 e. The fraction of sp³-hybridized carbons (Fsp3) is 0.414. The van der Waals surface area contributed by atoms with Crippen LogP contribution in [-0.2, 0) is 19.8 Å². The predicted octanol–water partition coefficient (Wildman–Crippen LogP) is 5.55. The monoisotopic (exact) mass is 603 g/mol. The molecule has 2 N–H and O–H groups in total. The molecule has 0 bridgehead atoms. The summed E-state index contributed by atoms with van der Waals surface area (Å²) in [6.07, 6.45) is -3.19. The maximum atomic E-state index is 12.9. The van der Waals surface area contributed by atoms with Crippen molar-refractivity contribution in [3.63, 3.8) is 0 Å². The van der Waals surface area contributed by atoms with Gasteiger partial charge in [0.25, 0.3) is 0 Å². The molecule has 11 nitrogen and oxygen atoms in total. The maximum Gasteiger partial charge on any atom is 0.422 e. The van der Waals surface area contributed by atoms with E-state index in [2.05, 4.69) is 25.6 Å². The van der Waals surface area contributed by atoms with Gasteiger partial charge in [-0.3, -0.25) is 0 Å². The van der Waals surface area contributed by atoms with Crippen LogP contribution < -0.4 is 20.1 Å². The van der Waals surface area contributed by atoms with Crippen LogP contribution in [0.5, 0.6) is 11.8 Å². The van der Waals surface area contributed by atoms with Crippen molar-refractivity contribution < 1.29 is 41.7 Å². The molecule has 1 aliphatic rings. The molecule has 0 unspecified atom stereocenters. The van der Waals surface area contributed by atoms with Gasteiger partial charge in [-0.15, -0.1) is 0 Å². The van der Waals surface area contributed by atoms with Crippen LogP contribution in [0.2, 0.25) is 0 Å². The lowest BCUT2D eigenvalue weighted by Gasteiger charge is -2.20. The summed E-state index contributed by atoms with van der Waals surface area (Å²) in [4.78, 5) is 36.2. The number of benzene rings is 2. The SMILES string of the molecule is CCOC(=O)COc1ccc(C2(Nc3nc(Nc4ccc(C(=O)OC(C)(C)C)cc4)nc(OCC(F)(F)F)n3)CC2)cc1. The highest BCUT2D eigenvalue weighted by Crippen LogP contribution is 2.48. The summed E-state index contributed by atoms with van der Waals surface area (Å²) in [5.41, 5.74) is 0.413. The van der Waals surface area contributed by atoms with Gasteiger partial charge in [0.05, 0.1) is 17.7 Å². The molecule has 0 spiro atoms. The first kappa shape index (κ1) is 31.3. The Labute approximate surface area is 246 Å². The highest BCUT2D eigenvalue weighted by atomic mass is 19.4. The van der Waals surface area contributed by atoms with Crippen molar-refractivity contribution in [1.82, 2.24) is 15.0 Å². The molecule has 4 rings (SSSR count). The minimum atomic E-state index is -4.60. The van der Waals surface area contributed by atoms with Gasteiger partial charge >= 0.3 is 24.1 Å². The molecule has 2 aromatic carbocycles. The van der Waals surface area contributed by atoms with Crippen LogP contribution in [0.15, 0.2) is 48.5 Å². The van der Waals surface area contributed by atoms with Crippen LogP contribution in [0, 0.1) is 0 Å². The molecule has 1 heterocycles. The molecular weight excluding hydrogens is 571 g/mol. The Hall–Kier alpha value is -4.62. The standard InChI is InChI=1S/C29H32F3N5O6/c1-5-40-22(38)16-41-21-12-8-19(9-13-21)28(14-15-28)37-25-34-24(35-26(36-25)42-17-29(30,31)32)33-20-10-6-18(7-11-20)23(39)43-27(2,3)4/h6-13H,5,14-17H2,1-4H3,(H2,33,34,35,36,37). The number of carbonyl (C=O) groups is 2. The molecule has 0 atom stereocenters. The predicted molar refractivity (Wildman–Crippen MR) is 149 cm³/mol. The zero-order valence-electron chi connectivity index (χ0n) is 24.1. The molecule has 1 fully saturated rings. The lowest BCUT2D eigenvalue weighted by molar-refractivity contribution is -0.154. The van der Waals surface area contributed by atoms with E-state index in [1.807, 2.05) is 12.1 Å². The first-order chi connectivity index (χ1) is 20.2. The average molecular weight is 604 g/mol. The number of ether oxygens (including phenoxy) is 4. The molecule has 0 saturated heterocycles. The van der Waals surface area contributed by atoms with Crippen LogP contribution >= 0.6 is 0 Å². The molecule has 1 aliphatic carbocycles. The zero-order valence-corrected chi connectivity index (χ0v) is 24.1. The van der Waals surface area contributed by atoms with E-state index in [0.29, 0.717) is 29.8 Å². The minimum absolute atomic E-state index is 0.000173. The van der Waals surface area contributed by atoms with Gasteiger partial charge in [0.15, 0.2) is 13.2 Å². The van der Waals surface area contributed by atoms with Gasteiger partial charge in [-0.05, 0) is 82.5 Å². The van der Waals surface area contributed by atoms with Crippen LogP contribution in [0.3, 0.4) is 0 Å². The molecule has 1 aromatic heterocycles. The van der Waals surface area contributed by atoms with Crippen molar-refractivity contribution in [1.29, 1.82) is 0 Å². The summed E-state index contributed by atoms with van der Waals surface area (Å²) in [5.74, 6) is -0.575. The van der Waals surface area contributed by atoms with Crippen molar-refractivity contribution >= 4 is 29.5 Å². The normalized spacial score (nSPS) is 13.9. The molecule has 230 valence electrons. The van der Waals surface area contributed by atoms with E-state index in [1.165, 1.54) is 12.1 Å². The second-order valence-corrected chi connectivity index (χ2v) is 10.7. The number of hydrogen-bond acceptors (Lipinski definition) is 11. The fourth-order valence-corrected chi connectivity index (χ4v) is 3.87. The number of esters is 2. The number of halogens is 3. The summed E-state index contributed by atoms with van der Waals surface area (Å²) < 4.78 is 59.1. The lowest BCUT2D eigenvalue weighted by atomic mass is 10.1. The highest BCUT2D eigenvalue weighted by molar-refractivity contribution is 5.90. The number of aromatic nitrogens is 3. The van der Waals surface area contributed by atoms with Crippen LogP contribution in [0.4, 0.5) is 30.8 Å². The Bertz CT molecular complexity index is 1420. The van der Waals surface area contributed by atoms with E-state index >= 15 is 0 Å². The molecule has 43 heavy (non-hydrogen) atoms. The molecule has 0 aliphatic heterocycles. The first-order valence-electron chi connectivity index (χ1n) is 13.5. The van der Waals surface area contributed by atoms with Crippen molar-refractivity contribution in [3.05, 3.63) is 59.7 Å². The Kier molecular flexibility index (Phi) is 9.26. The average Bonchev–Trinajstić information content (AvgIpc) is 3.70. The van der Waals surface area contributed by atoms with Crippen molar-refractivity contribution in [2.45, 2.75) is 57.9 Å². The number of nitrogens with zero attached hydrogens (tertiary/aromatic N) is 3. The van der Waals surface area contributed by atoms with Crippen molar-refractivity contribution in [3.8, 4) is 11.8 Å². The Morgan fingerprint density at radius 1 is 0.907 bits per heavy atom. The molecule has 14 heteroatoms. The Morgan fingerprint density at radius 3 is 2.14 bits per heavy atom. The van der Waals surface area contributed by atoms with Crippen molar-refractivity contribution in [2.75, 3.05) is 30.5 Å². The van der Waals surface area contributed by atoms with E-state index < -0.39 is 41.9 Å². The molecule has 0 amide bonds. The number of rotatable bonds is 12. The lowest BCUT2D eigenvalue weighted by Crippen LogP contribution is -2.23. The third-order valence-electron chi connectivity index (χ3n) is 5.93. The highest BCUT2D eigenvalue weighted by Gasteiger charge is 2.45. The van der Waals surface area contributed by atoms with E-state index in [-0.39, 0.29) is 25.1 Å². The number of anilines is 3. The van der Waals surface area contributed by atoms with Crippen LogP contribution in [-0.4, -0.2) is 58.5 Å². The summed E-state index contributed by atoms with van der Waals surface area (Å²) in [6.45, 7) is 5.44. The Balaban J connectivity index is 1.50. The summed E-state index contributed by atoms with van der Waals surface area (Å²) >= 11 is 0. The van der Waals surface area contributed by atoms with Crippen LogP contribution in [0.25, 0.3) is 0 Å². The number of hydrogen-bond donors (Lipinski definition) is 2. The van der Waals surface area contributed by atoms with Gasteiger partial charge in [-0.1, -0.05) is 12.1 Å². The zero-order chi connectivity index (χ0) is 31.3. The van der Waals surface area contributed by atoms with Gasteiger partial charge in [-0.25, -0.2) is 9.59 Å². The molecular formula is C29H32F3N5O6. The van der Waals surface area contributed by atoms with Gasteiger partial charge in [0, 0.05) is 5.69 Å². The molecule has 1 saturated carbocycles. The smallest absolute Gasteiger partial charge is 0.422 e. The number of nitrogens with one attached hydrogen (secondary N) is 2. The van der Waals surface area contributed by atoms with Crippen LogP contribution in [0.1, 0.15) is 56.5 Å². The second kappa shape index (κ2) is 12.7. The second-order valence-electron chi connectivity index (χ2n) is 10.7. The maximum absolute atomic E-state index is 12.9. The fourth-order valence-electron chi connectivity index (χ4n) is 3.87. The van der Waals surface area contributed by atoms with E-state index in [0.717, 1.165) is 5.56 Å². The summed E-state index contributed by atoms with van der Waals surface area (Å²) in [5, 5.41) is 6.11. The van der Waals surface area contributed by atoms with Gasteiger partial charge in [0.1, 0.15) is 11.4 Å². The molecule has 3 aromatic rings. The van der Waals surface area contributed by atoms with Crippen molar-refractivity contribution in [2.24, 2.45) is 0 Å². The summed E-state index contributed by atoms with van der Waals surface area (Å²) in [7, 11) is 0. The first-order valence-corrected chi connectivity index (χ1v) is 13.5. The summed E-state index contributed by atoms with van der Waals surface area (Å²) in [6, 6.07) is 12.8. The van der Waals surface area contributed by atoms with Gasteiger partial charge in [0.2, 0.25) is 11.9 Å². The molecule has 0 radical (unpaired) electrons. The van der Waals surface area contributed by atoms with Gasteiger partial charge in [-0.2, -0.15) is 28.1 Å². The topological polar surface area (TPSA) is 134 Å². The van der Waals surface area contributed by atoms with E-state index in [4.69, 9.17) is 18.9 Å². The third kappa shape index (κ3) is 9.45. The largest absolute Gasteiger partial charge is 0.482 e. The number of alkyl halides is 3.